The predicted molar refractivity (Wildman–Crippen MR) is 83.6 cm³/mol. The van der Waals surface area contributed by atoms with E-state index in [0.29, 0.717) is 0 Å². The Bertz CT molecular complexity index is 649. The number of hydrogen-bond donors (Lipinski definition) is 2. The van der Waals surface area contributed by atoms with Crippen LogP contribution in [0.2, 0.25) is 0 Å². The summed E-state index contributed by atoms with van der Waals surface area (Å²) >= 11 is 0. The molecule has 0 amide bonds. The van der Waals surface area contributed by atoms with Gasteiger partial charge in [0.25, 0.3) is 0 Å². The molecule has 4 nitrogen and oxygen atoms in total. The lowest BCUT2D eigenvalue weighted by Crippen LogP contribution is -2.06. The van der Waals surface area contributed by atoms with Crippen molar-refractivity contribution in [3.63, 3.8) is 0 Å². The maximum Gasteiger partial charge on any atom is 0.335 e. The van der Waals surface area contributed by atoms with Crippen LogP contribution in [0.1, 0.15) is 43.8 Å². The quantitative estimate of drug-likeness (QED) is 0.889. The molecule has 4 heteroatoms. The predicted octanol–water partition coefficient (Wildman–Crippen LogP) is 3.57. The third-order valence-corrected chi connectivity index (χ3v) is 3.81. The summed E-state index contributed by atoms with van der Waals surface area (Å²) in [4.78, 5) is 21.2. The van der Waals surface area contributed by atoms with E-state index in [0.717, 1.165) is 0 Å². The number of aryl methyl sites for hydroxylation is 2. The summed E-state index contributed by atoms with van der Waals surface area (Å²) in [6.07, 6.45) is 3.96. The topological polar surface area (TPSA) is 74.6 Å². The number of benzene rings is 2. The molecule has 22 heavy (non-hydrogen) atoms. The molecule has 0 fully saturated rings. The van der Waals surface area contributed by atoms with Gasteiger partial charge in [-0.15, -0.1) is 0 Å². The Morgan fingerprint density at radius 3 is 1.68 bits per heavy atom. The fourth-order valence-electron chi connectivity index (χ4n) is 2.61. The van der Waals surface area contributed by atoms with Crippen LogP contribution in [-0.4, -0.2) is 22.2 Å². The van der Waals surface area contributed by atoms with E-state index in [4.69, 9.17) is 10.2 Å². The third-order valence-electron chi connectivity index (χ3n) is 3.81. The number of fused-ring (bicyclic) bond motifs is 1. The van der Waals surface area contributed by atoms with Crippen LogP contribution in [0.3, 0.4) is 0 Å². The highest BCUT2D eigenvalue weighted by atomic mass is 16.4. The Morgan fingerprint density at radius 1 is 0.818 bits per heavy atom. The summed E-state index contributed by atoms with van der Waals surface area (Å²) in [6, 6.07) is 12.9. The number of carbonyl (C=O) groups is 2. The number of rotatable bonds is 2. The molecule has 1 aliphatic rings. The SMILES string of the molecule is Cc1c(C(=O)O)cccc1C(=O)O.c1ccc2c(c1)CCC2. The summed E-state index contributed by atoms with van der Waals surface area (Å²) in [7, 11) is 0. The zero-order valence-electron chi connectivity index (χ0n) is 12.4. The van der Waals surface area contributed by atoms with Gasteiger partial charge in [0, 0.05) is 0 Å². The van der Waals surface area contributed by atoms with Crippen LogP contribution in [0.4, 0.5) is 0 Å². The molecular formula is C18H18O4. The van der Waals surface area contributed by atoms with E-state index in [1.165, 1.54) is 44.4 Å². The van der Waals surface area contributed by atoms with Gasteiger partial charge in [-0.25, -0.2) is 9.59 Å². The molecule has 0 aromatic heterocycles. The molecule has 0 unspecified atom stereocenters. The van der Waals surface area contributed by atoms with E-state index >= 15 is 0 Å². The lowest BCUT2D eigenvalue weighted by molar-refractivity contribution is 0.0696. The molecule has 0 spiro atoms. The minimum atomic E-state index is -1.11. The normalized spacial score (nSPS) is 12.0. The molecule has 0 bridgehead atoms. The zero-order chi connectivity index (χ0) is 16.1. The number of hydrogen-bond acceptors (Lipinski definition) is 2. The van der Waals surface area contributed by atoms with Gasteiger partial charge >= 0.3 is 11.9 Å². The molecule has 0 saturated heterocycles. The van der Waals surface area contributed by atoms with E-state index in [-0.39, 0.29) is 16.7 Å². The monoisotopic (exact) mass is 298 g/mol. The Kier molecular flexibility index (Phi) is 4.94. The molecule has 0 radical (unpaired) electrons. The largest absolute Gasteiger partial charge is 0.478 e. The average Bonchev–Trinajstić information content (AvgIpc) is 2.96. The van der Waals surface area contributed by atoms with Crippen molar-refractivity contribution in [1.82, 2.24) is 0 Å². The second-order valence-corrected chi connectivity index (χ2v) is 5.21. The summed E-state index contributed by atoms with van der Waals surface area (Å²) in [5, 5.41) is 17.4. The van der Waals surface area contributed by atoms with Crippen molar-refractivity contribution in [3.05, 3.63) is 70.3 Å². The molecule has 0 saturated carbocycles. The van der Waals surface area contributed by atoms with Crippen LogP contribution in [0.5, 0.6) is 0 Å². The van der Waals surface area contributed by atoms with Crippen molar-refractivity contribution in [2.24, 2.45) is 0 Å². The van der Waals surface area contributed by atoms with Gasteiger partial charge in [-0.3, -0.25) is 0 Å². The number of carboxylic acids is 2. The summed E-state index contributed by atoms with van der Waals surface area (Å²) in [5.41, 5.74) is 3.47. The van der Waals surface area contributed by atoms with Crippen LogP contribution in [-0.2, 0) is 12.8 Å². The highest BCUT2D eigenvalue weighted by molar-refractivity contribution is 5.96. The van der Waals surface area contributed by atoms with Gasteiger partial charge in [0.2, 0.25) is 0 Å². The molecule has 1 aliphatic carbocycles. The van der Waals surface area contributed by atoms with Crippen LogP contribution in [0.25, 0.3) is 0 Å². The first-order valence-corrected chi connectivity index (χ1v) is 7.13. The van der Waals surface area contributed by atoms with Crippen LogP contribution in [0.15, 0.2) is 42.5 Å². The highest BCUT2D eigenvalue weighted by Crippen LogP contribution is 2.20. The van der Waals surface area contributed by atoms with E-state index in [9.17, 15) is 9.59 Å². The van der Waals surface area contributed by atoms with E-state index in [1.54, 1.807) is 11.1 Å². The lowest BCUT2D eigenvalue weighted by atomic mass is 10.0. The fraction of sp³-hybridized carbons (Fsp3) is 0.222. The molecule has 0 heterocycles. The van der Waals surface area contributed by atoms with Crippen molar-refractivity contribution in [2.45, 2.75) is 26.2 Å². The van der Waals surface area contributed by atoms with Crippen molar-refractivity contribution in [3.8, 4) is 0 Å². The van der Waals surface area contributed by atoms with Gasteiger partial charge in [-0.2, -0.15) is 0 Å². The van der Waals surface area contributed by atoms with Crippen molar-refractivity contribution < 1.29 is 19.8 Å². The highest BCUT2D eigenvalue weighted by Gasteiger charge is 2.13. The standard InChI is InChI=1S/C9H8O4.C9H10/c1-5-6(8(10)11)3-2-4-7(5)9(12)13;1-2-5-9-7-3-6-8(9)4-1/h2-4H,1H3,(H,10,11)(H,12,13);1-2,4-5H,3,6-7H2. The van der Waals surface area contributed by atoms with Gasteiger partial charge in [-0.1, -0.05) is 30.3 Å². The van der Waals surface area contributed by atoms with E-state index < -0.39 is 11.9 Å². The van der Waals surface area contributed by atoms with E-state index in [2.05, 4.69) is 24.3 Å². The maximum atomic E-state index is 10.6. The molecule has 2 aromatic carbocycles. The molecule has 0 aliphatic heterocycles. The molecule has 114 valence electrons. The van der Waals surface area contributed by atoms with Crippen LogP contribution in [0, 0.1) is 6.92 Å². The average molecular weight is 298 g/mol. The molecular weight excluding hydrogens is 280 g/mol. The number of carboxylic acid groups (broad SMARTS) is 2. The minimum absolute atomic E-state index is 0.0277. The first-order valence-electron chi connectivity index (χ1n) is 7.13. The third kappa shape index (κ3) is 3.52. The van der Waals surface area contributed by atoms with Gasteiger partial charge in [0.05, 0.1) is 11.1 Å². The fourth-order valence-corrected chi connectivity index (χ4v) is 2.61. The zero-order valence-corrected chi connectivity index (χ0v) is 12.4. The van der Waals surface area contributed by atoms with Crippen LogP contribution >= 0.6 is 0 Å². The Hall–Kier alpha value is -2.62. The Balaban J connectivity index is 0.000000170. The molecule has 3 rings (SSSR count). The van der Waals surface area contributed by atoms with Gasteiger partial charge in [0.15, 0.2) is 0 Å². The van der Waals surface area contributed by atoms with Crippen molar-refractivity contribution in [2.75, 3.05) is 0 Å². The smallest absolute Gasteiger partial charge is 0.335 e. The van der Waals surface area contributed by atoms with Crippen LogP contribution < -0.4 is 0 Å². The summed E-state index contributed by atoms with van der Waals surface area (Å²) in [5.74, 6) is -2.22. The first kappa shape index (κ1) is 15.8. The lowest BCUT2D eigenvalue weighted by Gasteiger charge is -2.03. The summed E-state index contributed by atoms with van der Waals surface area (Å²) < 4.78 is 0. The number of aromatic carboxylic acids is 2. The molecule has 0 atom stereocenters. The Labute approximate surface area is 129 Å². The molecule has 2 N–H and O–H groups in total. The maximum absolute atomic E-state index is 10.6. The van der Waals surface area contributed by atoms with E-state index in [1.807, 2.05) is 0 Å². The minimum Gasteiger partial charge on any atom is -0.478 e. The summed E-state index contributed by atoms with van der Waals surface area (Å²) in [6.45, 7) is 1.48. The second kappa shape index (κ2) is 6.89. The first-order chi connectivity index (χ1) is 10.5. The molecule has 2 aromatic rings. The van der Waals surface area contributed by atoms with Gasteiger partial charge in [0.1, 0.15) is 0 Å². The second-order valence-electron chi connectivity index (χ2n) is 5.21. The van der Waals surface area contributed by atoms with Crippen molar-refractivity contribution in [1.29, 1.82) is 0 Å². The Morgan fingerprint density at radius 2 is 1.27 bits per heavy atom. The van der Waals surface area contributed by atoms with Gasteiger partial charge in [-0.05, 0) is 55.0 Å². The van der Waals surface area contributed by atoms with Crippen molar-refractivity contribution >= 4 is 11.9 Å². The van der Waals surface area contributed by atoms with Gasteiger partial charge < -0.3 is 10.2 Å².